The second-order valence-corrected chi connectivity index (χ2v) is 6.16. The third kappa shape index (κ3) is 3.76. The first-order chi connectivity index (χ1) is 13.5. The van der Waals surface area contributed by atoms with Crippen molar-refractivity contribution in [1.82, 2.24) is 0 Å². The van der Waals surface area contributed by atoms with Crippen molar-refractivity contribution < 1.29 is 19.6 Å². The summed E-state index contributed by atoms with van der Waals surface area (Å²) in [5.41, 5.74) is 2.30. The molecule has 0 atom stereocenters. The van der Waals surface area contributed by atoms with E-state index < -0.39 is 16.4 Å². The SMILES string of the molecule is N#CC1=C(COc2cc(O)c(C=O)cc2[N+](=O)[O-])CCC=C1c1ccccc1. The monoisotopic (exact) mass is 376 g/mol. The fourth-order valence-corrected chi connectivity index (χ4v) is 3.06. The molecule has 7 heteroatoms. The number of phenols is 1. The number of carbonyl (C=O) groups is 1. The van der Waals surface area contributed by atoms with Crippen molar-refractivity contribution in [2.45, 2.75) is 12.8 Å². The van der Waals surface area contributed by atoms with Crippen molar-refractivity contribution in [3.8, 4) is 17.6 Å². The van der Waals surface area contributed by atoms with Crippen LogP contribution in [0.25, 0.3) is 5.57 Å². The van der Waals surface area contributed by atoms with Crippen molar-refractivity contribution in [3.05, 3.63) is 80.9 Å². The number of phenolic OH excluding ortho intramolecular Hbond substituents is 1. The minimum Gasteiger partial charge on any atom is -0.507 e. The van der Waals surface area contributed by atoms with Gasteiger partial charge in [-0.2, -0.15) is 5.26 Å². The number of aldehydes is 1. The Labute approximate surface area is 161 Å². The molecule has 0 saturated carbocycles. The van der Waals surface area contributed by atoms with E-state index in [4.69, 9.17) is 4.74 Å². The van der Waals surface area contributed by atoms with E-state index in [2.05, 4.69) is 6.07 Å². The van der Waals surface area contributed by atoms with Gasteiger partial charge in [0.05, 0.1) is 22.1 Å². The van der Waals surface area contributed by atoms with Crippen LogP contribution >= 0.6 is 0 Å². The predicted octanol–water partition coefficient (Wildman–Crippen LogP) is 4.19. The normalized spacial score (nSPS) is 13.5. The Kier molecular flexibility index (Phi) is 5.51. The number of rotatable bonds is 6. The van der Waals surface area contributed by atoms with Crippen LogP contribution < -0.4 is 4.74 Å². The summed E-state index contributed by atoms with van der Waals surface area (Å²) in [7, 11) is 0. The van der Waals surface area contributed by atoms with E-state index >= 15 is 0 Å². The van der Waals surface area contributed by atoms with Crippen LogP contribution in [-0.4, -0.2) is 22.9 Å². The van der Waals surface area contributed by atoms with E-state index in [0.29, 0.717) is 24.7 Å². The predicted molar refractivity (Wildman–Crippen MR) is 102 cm³/mol. The molecule has 0 radical (unpaired) electrons. The highest BCUT2D eigenvalue weighted by molar-refractivity contribution is 5.85. The molecule has 0 aliphatic heterocycles. The van der Waals surface area contributed by atoms with Crippen LogP contribution in [0.1, 0.15) is 28.8 Å². The van der Waals surface area contributed by atoms with Crippen LogP contribution in [0.2, 0.25) is 0 Å². The zero-order chi connectivity index (χ0) is 20.1. The molecular formula is C21H16N2O5. The summed E-state index contributed by atoms with van der Waals surface area (Å²) in [5, 5.41) is 30.7. The van der Waals surface area contributed by atoms with Gasteiger partial charge in [-0.05, 0) is 29.6 Å². The van der Waals surface area contributed by atoms with E-state index in [1.54, 1.807) is 0 Å². The van der Waals surface area contributed by atoms with E-state index in [1.807, 2.05) is 36.4 Å². The molecule has 1 N–H and O–H groups in total. The largest absolute Gasteiger partial charge is 0.507 e. The number of ether oxygens (including phenoxy) is 1. The molecule has 7 nitrogen and oxygen atoms in total. The number of hydrogen-bond acceptors (Lipinski definition) is 6. The van der Waals surface area contributed by atoms with Crippen molar-refractivity contribution >= 4 is 17.5 Å². The number of nitriles is 1. The highest BCUT2D eigenvalue weighted by Gasteiger charge is 2.22. The topological polar surface area (TPSA) is 113 Å². The van der Waals surface area contributed by atoms with Crippen LogP contribution in [0, 0.1) is 21.4 Å². The zero-order valence-corrected chi connectivity index (χ0v) is 14.8. The quantitative estimate of drug-likeness (QED) is 0.459. The number of nitrogens with zero attached hydrogens (tertiary/aromatic N) is 2. The van der Waals surface area contributed by atoms with Crippen molar-refractivity contribution in [1.29, 1.82) is 5.26 Å². The second kappa shape index (κ2) is 8.18. The molecule has 0 fully saturated rings. The standard InChI is InChI=1S/C21H16N2O5/c22-11-18-15(7-4-8-17(18)14-5-2-1-3-6-14)13-28-21-10-20(25)16(12-24)9-19(21)23(26)27/h1-3,5-6,8-10,12,25H,4,7,13H2. The summed E-state index contributed by atoms with van der Waals surface area (Å²) >= 11 is 0. The molecule has 0 bridgehead atoms. The minimum absolute atomic E-state index is 0.0339. The molecule has 2 aromatic rings. The number of allylic oxidation sites excluding steroid dienone is 3. The molecule has 0 heterocycles. The summed E-state index contributed by atoms with van der Waals surface area (Å²) in [6, 6.07) is 13.7. The summed E-state index contributed by atoms with van der Waals surface area (Å²) in [6.07, 6.45) is 3.63. The maximum Gasteiger partial charge on any atom is 0.311 e. The molecule has 3 rings (SSSR count). The van der Waals surface area contributed by atoms with Crippen molar-refractivity contribution in [3.63, 3.8) is 0 Å². The number of aromatic hydroxyl groups is 1. The van der Waals surface area contributed by atoms with E-state index in [-0.39, 0.29) is 17.9 Å². The van der Waals surface area contributed by atoms with Gasteiger partial charge in [0.1, 0.15) is 12.4 Å². The molecule has 0 saturated heterocycles. The molecule has 140 valence electrons. The number of nitro benzene ring substituents is 1. The van der Waals surface area contributed by atoms with Gasteiger partial charge >= 0.3 is 5.69 Å². The van der Waals surface area contributed by atoms with Crippen LogP contribution in [0.15, 0.2) is 59.7 Å². The first kappa shape index (κ1) is 18.9. The Balaban J connectivity index is 1.92. The lowest BCUT2D eigenvalue weighted by atomic mass is 9.88. The zero-order valence-electron chi connectivity index (χ0n) is 14.8. The van der Waals surface area contributed by atoms with Crippen LogP contribution in [0.3, 0.4) is 0 Å². The summed E-state index contributed by atoms with van der Waals surface area (Å²) < 4.78 is 5.58. The van der Waals surface area contributed by atoms with Crippen LogP contribution in [0.4, 0.5) is 5.69 Å². The number of hydrogen-bond donors (Lipinski definition) is 1. The van der Waals surface area contributed by atoms with E-state index in [9.17, 15) is 25.3 Å². The van der Waals surface area contributed by atoms with Gasteiger partial charge in [-0.25, -0.2) is 0 Å². The molecule has 0 spiro atoms. The van der Waals surface area contributed by atoms with Crippen molar-refractivity contribution in [2.24, 2.45) is 0 Å². The van der Waals surface area contributed by atoms with Gasteiger partial charge in [0.25, 0.3) is 0 Å². The van der Waals surface area contributed by atoms with Gasteiger partial charge in [-0.3, -0.25) is 14.9 Å². The number of benzene rings is 2. The van der Waals surface area contributed by atoms with Crippen molar-refractivity contribution in [2.75, 3.05) is 6.61 Å². The minimum atomic E-state index is -0.683. The highest BCUT2D eigenvalue weighted by Crippen LogP contribution is 2.36. The van der Waals surface area contributed by atoms with E-state index in [0.717, 1.165) is 28.8 Å². The lowest BCUT2D eigenvalue weighted by molar-refractivity contribution is -0.385. The molecular weight excluding hydrogens is 360 g/mol. The lowest BCUT2D eigenvalue weighted by Gasteiger charge is -2.18. The number of nitro groups is 1. The fourth-order valence-electron chi connectivity index (χ4n) is 3.06. The maximum atomic E-state index is 11.3. The summed E-state index contributed by atoms with van der Waals surface area (Å²) in [4.78, 5) is 21.5. The Bertz CT molecular complexity index is 1030. The van der Waals surface area contributed by atoms with Gasteiger partial charge < -0.3 is 9.84 Å². The Morgan fingerprint density at radius 3 is 2.68 bits per heavy atom. The van der Waals surface area contributed by atoms with Crippen LogP contribution in [-0.2, 0) is 0 Å². The van der Waals surface area contributed by atoms with Gasteiger partial charge in [0, 0.05) is 12.1 Å². The summed E-state index contributed by atoms with van der Waals surface area (Å²) in [6.45, 7) is -0.0339. The molecule has 1 aliphatic carbocycles. The average molecular weight is 376 g/mol. The third-order valence-corrected chi connectivity index (χ3v) is 4.45. The molecule has 1 aliphatic rings. The second-order valence-electron chi connectivity index (χ2n) is 6.16. The maximum absolute atomic E-state index is 11.3. The third-order valence-electron chi connectivity index (χ3n) is 4.45. The summed E-state index contributed by atoms with van der Waals surface area (Å²) in [5.74, 6) is -0.563. The Morgan fingerprint density at radius 1 is 1.29 bits per heavy atom. The smallest absolute Gasteiger partial charge is 0.311 e. The van der Waals surface area contributed by atoms with Gasteiger partial charge in [-0.15, -0.1) is 0 Å². The molecule has 28 heavy (non-hydrogen) atoms. The fraction of sp³-hybridized carbons (Fsp3) is 0.143. The average Bonchev–Trinajstić information content (AvgIpc) is 2.72. The van der Waals surface area contributed by atoms with Gasteiger partial charge in [-0.1, -0.05) is 36.4 Å². The molecule has 2 aromatic carbocycles. The van der Waals surface area contributed by atoms with Crippen LogP contribution in [0.5, 0.6) is 11.5 Å². The highest BCUT2D eigenvalue weighted by atomic mass is 16.6. The lowest BCUT2D eigenvalue weighted by Crippen LogP contribution is -2.09. The first-order valence-corrected chi connectivity index (χ1v) is 8.52. The first-order valence-electron chi connectivity index (χ1n) is 8.52. The Morgan fingerprint density at radius 2 is 2.04 bits per heavy atom. The Hall–Kier alpha value is -3.92. The van der Waals surface area contributed by atoms with Gasteiger partial charge in [0.2, 0.25) is 5.75 Å². The molecule has 0 aromatic heterocycles. The molecule has 0 amide bonds. The number of carbonyl (C=O) groups excluding carboxylic acids is 1. The van der Waals surface area contributed by atoms with E-state index in [1.165, 1.54) is 0 Å². The van der Waals surface area contributed by atoms with Gasteiger partial charge in [0.15, 0.2) is 6.29 Å². The molecule has 0 unspecified atom stereocenters.